The van der Waals surface area contributed by atoms with Gasteiger partial charge in [-0.25, -0.2) is 0 Å². The molecule has 0 bridgehead atoms. The van der Waals surface area contributed by atoms with E-state index in [0.29, 0.717) is 16.5 Å². The molecule has 2 aromatic rings. The molecule has 2 N–H and O–H groups in total. The van der Waals surface area contributed by atoms with E-state index >= 15 is 0 Å². The Hall–Kier alpha value is -2.53. The summed E-state index contributed by atoms with van der Waals surface area (Å²) in [5, 5.41) is 5.60. The van der Waals surface area contributed by atoms with Gasteiger partial charge in [-0.15, -0.1) is 0 Å². The van der Waals surface area contributed by atoms with Crippen LogP contribution in [0.15, 0.2) is 42.5 Å². The first-order valence-corrected chi connectivity index (χ1v) is 7.36. The molecule has 0 radical (unpaired) electrons. The van der Waals surface area contributed by atoms with Gasteiger partial charge >= 0.3 is 11.8 Å². The molecule has 2 rings (SSSR count). The predicted molar refractivity (Wildman–Crippen MR) is 89.7 cm³/mol. The van der Waals surface area contributed by atoms with Crippen LogP contribution < -0.4 is 15.4 Å². The van der Waals surface area contributed by atoms with E-state index < -0.39 is 11.8 Å². The maximum absolute atomic E-state index is 12.0. The average molecular weight is 333 g/mol. The average Bonchev–Trinajstić information content (AvgIpc) is 2.56. The van der Waals surface area contributed by atoms with Crippen molar-refractivity contribution < 1.29 is 14.3 Å². The maximum Gasteiger partial charge on any atom is 0.313 e. The largest absolute Gasteiger partial charge is 0.496 e. The minimum atomic E-state index is -0.745. The molecular formula is C17H17ClN2O3. The number of nitrogens with one attached hydrogen (secondary N) is 2. The summed E-state index contributed by atoms with van der Waals surface area (Å²) in [6.45, 7) is 2.02. The van der Waals surface area contributed by atoms with E-state index in [9.17, 15) is 9.59 Å². The van der Waals surface area contributed by atoms with Crippen molar-refractivity contribution in [2.45, 2.75) is 13.5 Å². The van der Waals surface area contributed by atoms with Crippen molar-refractivity contribution >= 4 is 29.1 Å². The molecule has 2 aromatic carbocycles. The second kappa shape index (κ2) is 7.65. The zero-order valence-corrected chi connectivity index (χ0v) is 13.6. The third kappa shape index (κ3) is 4.47. The number of para-hydroxylation sites is 1. The van der Waals surface area contributed by atoms with Crippen molar-refractivity contribution in [3.05, 3.63) is 58.6 Å². The van der Waals surface area contributed by atoms with Gasteiger partial charge in [0.25, 0.3) is 0 Å². The van der Waals surface area contributed by atoms with Crippen molar-refractivity contribution in [2.75, 3.05) is 12.4 Å². The molecule has 0 aliphatic carbocycles. The molecule has 5 nitrogen and oxygen atoms in total. The smallest absolute Gasteiger partial charge is 0.313 e. The molecule has 6 heteroatoms. The molecule has 120 valence electrons. The number of amides is 2. The second-order valence-electron chi connectivity index (χ2n) is 4.91. The van der Waals surface area contributed by atoms with Crippen LogP contribution in [0.2, 0.25) is 5.02 Å². The normalized spacial score (nSPS) is 10.0. The monoisotopic (exact) mass is 332 g/mol. The second-order valence-corrected chi connectivity index (χ2v) is 5.34. The third-order valence-electron chi connectivity index (χ3n) is 3.29. The first-order valence-electron chi connectivity index (χ1n) is 6.98. The SMILES string of the molecule is COc1ccccc1CNC(=O)C(=O)Nc1cc(Cl)ccc1C. The molecule has 0 fully saturated rings. The van der Waals surface area contributed by atoms with Crippen LogP contribution in [0.5, 0.6) is 5.75 Å². The number of hydrogen-bond acceptors (Lipinski definition) is 3. The fourth-order valence-electron chi connectivity index (χ4n) is 2.01. The third-order valence-corrected chi connectivity index (χ3v) is 3.52. The lowest BCUT2D eigenvalue weighted by Crippen LogP contribution is -2.35. The van der Waals surface area contributed by atoms with Crippen molar-refractivity contribution in [2.24, 2.45) is 0 Å². The lowest BCUT2D eigenvalue weighted by Gasteiger charge is -2.11. The number of carbonyl (C=O) groups excluding carboxylic acids is 2. The van der Waals surface area contributed by atoms with Gasteiger partial charge in [0.15, 0.2) is 0 Å². The minimum Gasteiger partial charge on any atom is -0.496 e. The lowest BCUT2D eigenvalue weighted by atomic mass is 10.2. The topological polar surface area (TPSA) is 67.4 Å². The van der Waals surface area contributed by atoms with E-state index in [1.54, 1.807) is 31.4 Å². The highest BCUT2D eigenvalue weighted by Gasteiger charge is 2.15. The number of benzene rings is 2. The Morgan fingerprint density at radius 3 is 2.61 bits per heavy atom. The summed E-state index contributed by atoms with van der Waals surface area (Å²) in [5.74, 6) is -0.820. The molecule has 0 aliphatic heterocycles. The van der Waals surface area contributed by atoms with Gasteiger partial charge < -0.3 is 15.4 Å². The van der Waals surface area contributed by atoms with Crippen molar-refractivity contribution in [3.8, 4) is 5.75 Å². The Morgan fingerprint density at radius 1 is 1.13 bits per heavy atom. The minimum absolute atomic E-state index is 0.199. The number of methoxy groups -OCH3 is 1. The van der Waals surface area contributed by atoms with Gasteiger partial charge in [-0.3, -0.25) is 9.59 Å². The number of anilines is 1. The summed E-state index contributed by atoms with van der Waals surface area (Å²) < 4.78 is 5.20. The standard InChI is InChI=1S/C17H17ClN2O3/c1-11-7-8-13(18)9-14(11)20-17(22)16(21)19-10-12-5-3-4-6-15(12)23-2/h3-9H,10H2,1-2H3,(H,19,21)(H,20,22). The Labute approximate surface area is 139 Å². The summed E-state index contributed by atoms with van der Waals surface area (Å²) in [6, 6.07) is 12.4. The molecule has 0 saturated carbocycles. The summed E-state index contributed by atoms with van der Waals surface area (Å²) in [5.41, 5.74) is 2.12. The number of rotatable bonds is 4. The summed E-state index contributed by atoms with van der Waals surface area (Å²) in [6.07, 6.45) is 0. The maximum atomic E-state index is 12.0. The highest BCUT2D eigenvalue weighted by molar-refractivity contribution is 6.40. The summed E-state index contributed by atoms with van der Waals surface area (Å²) in [7, 11) is 1.55. The first-order chi connectivity index (χ1) is 11.0. The fraction of sp³-hybridized carbons (Fsp3) is 0.176. The Morgan fingerprint density at radius 2 is 1.87 bits per heavy atom. The van der Waals surface area contributed by atoms with Crippen LogP contribution >= 0.6 is 11.6 Å². The van der Waals surface area contributed by atoms with Crippen LogP contribution in [0.4, 0.5) is 5.69 Å². The molecule has 0 saturated heterocycles. The molecular weight excluding hydrogens is 316 g/mol. The lowest BCUT2D eigenvalue weighted by molar-refractivity contribution is -0.136. The molecule has 0 spiro atoms. The van der Waals surface area contributed by atoms with Crippen LogP contribution in [0.1, 0.15) is 11.1 Å². The Balaban J connectivity index is 1.98. The van der Waals surface area contributed by atoms with Gasteiger partial charge in [0.2, 0.25) is 0 Å². The van der Waals surface area contributed by atoms with Crippen LogP contribution in [0.25, 0.3) is 0 Å². The number of hydrogen-bond donors (Lipinski definition) is 2. The molecule has 2 amide bonds. The van der Waals surface area contributed by atoms with Crippen molar-refractivity contribution in [3.63, 3.8) is 0 Å². The highest BCUT2D eigenvalue weighted by atomic mass is 35.5. The van der Waals surface area contributed by atoms with Crippen LogP contribution in [-0.4, -0.2) is 18.9 Å². The first kappa shape index (κ1) is 16.8. The number of aryl methyl sites for hydroxylation is 1. The van der Waals surface area contributed by atoms with E-state index in [2.05, 4.69) is 10.6 Å². The fourth-order valence-corrected chi connectivity index (χ4v) is 2.18. The van der Waals surface area contributed by atoms with E-state index in [1.165, 1.54) is 0 Å². The number of ether oxygens (including phenoxy) is 1. The van der Waals surface area contributed by atoms with Crippen molar-refractivity contribution in [1.82, 2.24) is 5.32 Å². The Kier molecular flexibility index (Phi) is 5.60. The van der Waals surface area contributed by atoms with E-state index in [-0.39, 0.29) is 6.54 Å². The van der Waals surface area contributed by atoms with Gasteiger partial charge in [0, 0.05) is 22.8 Å². The molecule has 23 heavy (non-hydrogen) atoms. The van der Waals surface area contributed by atoms with Gasteiger partial charge in [-0.05, 0) is 30.7 Å². The van der Waals surface area contributed by atoms with Crippen molar-refractivity contribution in [1.29, 1.82) is 0 Å². The van der Waals surface area contributed by atoms with E-state index in [1.807, 2.05) is 25.1 Å². The van der Waals surface area contributed by atoms with Crippen LogP contribution in [-0.2, 0) is 16.1 Å². The van der Waals surface area contributed by atoms with Crippen LogP contribution in [0.3, 0.4) is 0 Å². The molecule has 0 aromatic heterocycles. The summed E-state index contributed by atoms with van der Waals surface area (Å²) in [4.78, 5) is 23.9. The van der Waals surface area contributed by atoms with Gasteiger partial charge in [0.1, 0.15) is 5.75 Å². The van der Waals surface area contributed by atoms with E-state index in [0.717, 1.165) is 11.1 Å². The van der Waals surface area contributed by atoms with Gasteiger partial charge in [-0.1, -0.05) is 35.9 Å². The molecule has 0 heterocycles. The number of halogens is 1. The zero-order chi connectivity index (χ0) is 16.8. The number of carbonyl (C=O) groups is 2. The zero-order valence-electron chi connectivity index (χ0n) is 12.9. The van der Waals surface area contributed by atoms with Crippen LogP contribution in [0, 0.1) is 6.92 Å². The summed E-state index contributed by atoms with van der Waals surface area (Å²) >= 11 is 5.89. The quantitative estimate of drug-likeness (QED) is 0.846. The molecule has 0 aliphatic rings. The molecule has 0 atom stereocenters. The van der Waals surface area contributed by atoms with Gasteiger partial charge in [-0.2, -0.15) is 0 Å². The van der Waals surface area contributed by atoms with E-state index in [4.69, 9.17) is 16.3 Å². The predicted octanol–water partition coefficient (Wildman–Crippen LogP) is 2.91. The molecule has 0 unspecified atom stereocenters. The highest BCUT2D eigenvalue weighted by Crippen LogP contribution is 2.20. The Bertz CT molecular complexity index is 732. The van der Waals surface area contributed by atoms with Gasteiger partial charge in [0.05, 0.1) is 7.11 Å².